The highest BCUT2D eigenvalue weighted by Crippen LogP contribution is 2.18. The van der Waals surface area contributed by atoms with Gasteiger partial charge in [-0.2, -0.15) is 0 Å². The van der Waals surface area contributed by atoms with E-state index < -0.39 is 11.9 Å². The fourth-order valence-electron chi connectivity index (χ4n) is 2.05. The van der Waals surface area contributed by atoms with Crippen LogP contribution in [0.4, 0.5) is 0 Å². The Balaban J connectivity index is 3.63. The Morgan fingerprint density at radius 3 is 1.89 bits per heavy atom. The molecule has 0 saturated carbocycles. The highest BCUT2D eigenvalue weighted by molar-refractivity contribution is 5.69. The third kappa shape index (κ3) is 10.1. The standard InChI is InChI=1S/C14H26O4/c1-2-3-4-6-9-12(14(17)18)10-7-5-8-11-13(15)16/h12H,2-11H2,1H3,(H,15,16)(H,17,18). The van der Waals surface area contributed by atoms with Gasteiger partial charge >= 0.3 is 11.9 Å². The quantitative estimate of drug-likeness (QED) is 0.523. The molecule has 2 N–H and O–H groups in total. The molecule has 1 atom stereocenters. The van der Waals surface area contributed by atoms with Crippen LogP contribution in [0.3, 0.4) is 0 Å². The molecule has 0 radical (unpaired) electrons. The third-order valence-corrected chi connectivity index (χ3v) is 3.20. The molecule has 18 heavy (non-hydrogen) atoms. The number of hydrogen-bond acceptors (Lipinski definition) is 2. The first-order valence-electron chi connectivity index (χ1n) is 7.02. The Morgan fingerprint density at radius 2 is 1.44 bits per heavy atom. The first-order chi connectivity index (χ1) is 8.57. The first kappa shape index (κ1) is 16.9. The van der Waals surface area contributed by atoms with Crippen molar-refractivity contribution in [1.29, 1.82) is 0 Å². The highest BCUT2D eigenvalue weighted by Gasteiger charge is 2.16. The number of unbranched alkanes of at least 4 members (excludes halogenated alkanes) is 5. The number of carbonyl (C=O) groups is 2. The van der Waals surface area contributed by atoms with Crippen LogP contribution < -0.4 is 0 Å². The van der Waals surface area contributed by atoms with Gasteiger partial charge in [0.25, 0.3) is 0 Å². The highest BCUT2D eigenvalue weighted by atomic mass is 16.4. The van der Waals surface area contributed by atoms with Crippen LogP contribution in [-0.4, -0.2) is 22.2 Å². The maximum atomic E-state index is 11.0. The third-order valence-electron chi connectivity index (χ3n) is 3.20. The van der Waals surface area contributed by atoms with E-state index in [1.165, 1.54) is 6.42 Å². The van der Waals surface area contributed by atoms with E-state index in [1.54, 1.807) is 0 Å². The fraction of sp³-hybridized carbons (Fsp3) is 0.857. The molecule has 0 rings (SSSR count). The van der Waals surface area contributed by atoms with E-state index in [4.69, 9.17) is 10.2 Å². The maximum Gasteiger partial charge on any atom is 0.306 e. The van der Waals surface area contributed by atoms with Gasteiger partial charge in [0.05, 0.1) is 5.92 Å². The van der Waals surface area contributed by atoms with Crippen molar-refractivity contribution in [2.45, 2.75) is 71.1 Å². The Kier molecular flexibility index (Phi) is 10.4. The zero-order valence-electron chi connectivity index (χ0n) is 11.4. The smallest absolute Gasteiger partial charge is 0.306 e. The number of carboxylic acids is 2. The Bertz CT molecular complexity index is 238. The van der Waals surface area contributed by atoms with Gasteiger partial charge in [0, 0.05) is 6.42 Å². The number of rotatable bonds is 12. The van der Waals surface area contributed by atoms with Crippen molar-refractivity contribution in [3.8, 4) is 0 Å². The van der Waals surface area contributed by atoms with Crippen LogP contribution in [0, 0.1) is 5.92 Å². The van der Waals surface area contributed by atoms with Gasteiger partial charge < -0.3 is 10.2 Å². The lowest BCUT2D eigenvalue weighted by Crippen LogP contribution is -2.13. The summed E-state index contributed by atoms with van der Waals surface area (Å²) in [6.07, 6.45) is 8.33. The fourth-order valence-corrected chi connectivity index (χ4v) is 2.05. The molecule has 0 amide bonds. The molecule has 0 bridgehead atoms. The monoisotopic (exact) mass is 258 g/mol. The Hall–Kier alpha value is -1.06. The molecule has 0 heterocycles. The molecule has 0 aromatic rings. The predicted octanol–water partition coefficient (Wildman–Crippen LogP) is 3.69. The summed E-state index contributed by atoms with van der Waals surface area (Å²) in [5.41, 5.74) is 0. The lowest BCUT2D eigenvalue weighted by atomic mass is 9.94. The average Bonchev–Trinajstić information content (AvgIpc) is 2.30. The second kappa shape index (κ2) is 11.1. The van der Waals surface area contributed by atoms with Crippen LogP contribution >= 0.6 is 0 Å². The minimum absolute atomic E-state index is 0.189. The van der Waals surface area contributed by atoms with Gasteiger partial charge in [-0.15, -0.1) is 0 Å². The van der Waals surface area contributed by atoms with Crippen LogP contribution in [0.2, 0.25) is 0 Å². The van der Waals surface area contributed by atoms with Crippen LogP contribution in [0.1, 0.15) is 71.1 Å². The molecular weight excluding hydrogens is 232 g/mol. The van der Waals surface area contributed by atoms with Crippen molar-refractivity contribution >= 4 is 11.9 Å². The second-order valence-electron chi connectivity index (χ2n) is 4.88. The first-order valence-corrected chi connectivity index (χ1v) is 7.02. The van der Waals surface area contributed by atoms with Crippen molar-refractivity contribution in [2.24, 2.45) is 5.92 Å². The zero-order chi connectivity index (χ0) is 13.8. The van der Waals surface area contributed by atoms with E-state index in [0.29, 0.717) is 12.8 Å². The van der Waals surface area contributed by atoms with Gasteiger partial charge in [-0.3, -0.25) is 9.59 Å². The van der Waals surface area contributed by atoms with Gasteiger partial charge in [0.1, 0.15) is 0 Å². The van der Waals surface area contributed by atoms with E-state index >= 15 is 0 Å². The SMILES string of the molecule is CCCCCCC(CCCCCC(=O)O)C(=O)O. The van der Waals surface area contributed by atoms with Gasteiger partial charge in [-0.1, -0.05) is 45.4 Å². The normalized spacial score (nSPS) is 12.3. The van der Waals surface area contributed by atoms with Crippen molar-refractivity contribution in [3.63, 3.8) is 0 Å². The molecule has 0 aliphatic rings. The number of aliphatic carboxylic acids is 2. The van der Waals surface area contributed by atoms with Gasteiger partial charge in [0.15, 0.2) is 0 Å². The minimum Gasteiger partial charge on any atom is -0.481 e. The zero-order valence-corrected chi connectivity index (χ0v) is 11.4. The minimum atomic E-state index is -0.774. The maximum absolute atomic E-state index is 11.0. The molecule has 0 saturated heterocycles. The molecule has 106 valence electrons. The molecule has 0 aromatic carbocycles. The molecule has 1 unspecified atom stereocenters. The van der Waals surface area contributed by atoms with Gasteiger partial charge in [-0.25, -0.2) is 0 Å². The summed E-state index contributed by atoms with van der Waals surface area (Å²) >= 11 is 0. The van der Waals surface area contributed by atoms with E-state index in [0.717, 1.165) is 38.5 Å². The predicted molar refractivity (Wildman–Crippen MR) is 70.6 cm³/mol. The van der Waals surface area contributed by atoms with E-state index in [2.05, 4.69) is 6.92 Å². The van der Waals surface area contributed by atoms with Crippen LogP contribution in [-0.2, 0) is 9.59 Å². The number of carboxylic acid groups (broad SMARTS) is 2. The molecule has 0 aliphatic carbocycles. The summed E-state index contributed by atoms with van der Waals surface area (Å²) < 4.78 is 0. The van der Waals surface area contributed by atoms with Crippen molar-refractivity contribution < 1.29 is 19.8 Å². The topological polar surface area (TPSA) is 74.6 Å². The summed E-state index contributed by atoms with van der Waals surface area (Å²) in [7, 11) is 0. The van der Waals surface area contributed by atoms with Crippen molar-refractivity contribution in [2.75, 3.05) is 0 Å². The van der Waals surface area contributed by atoms with E-state index in [1.807, 2.05) is 0 Å². The average molecular weight is 258 g/mol. The molecule has 0 fully saturated rings. The summed E-state index contributed by atoms with van der Waals surface area (Å²) in [4.78, 5) is 21.4. The lowest BCUT2D eigenvalue weighted by molar-refractivity contribution is -0.142. The van der Waals surface area contributed by atoms with Crippen LogP contribution in [0.25, 0.3) is 0 Å². The summed E-state index contributed by atoms with van der Waals surface area (Å²) in [6.45, 7) is 2.14. The molecular formula is C14H26O4. The Morgan fingerprint density at radius 1 is 0.889 bits per heavy atom. The van der Waals surface area contributed by atoms with Crippen LogP contribution in [0.5, 0.6) is 0 Å². The van der Waals surface area contributed by atoms with Gasteiger partial charge in [0.2, 0.25) is 0 Å². The second-order valence-corrected chi connectivity index (χ2v) is 4.88. The van der Waals surface area contributed by atoms with Crippen LogP contribution in [0.15, 0.2) is 0 Å². The summed E-state index contributed by atoms with van der Waals surface area (Å²) in [6, 6.07) is 0. The van der Waals surface area contributed by atoms with Gasteiger partial charge in [-0.05, 0) is 19.3 Å². The summed E-state index contributed by atoms with van der Waals surface area (Å²) in [5, 5.41) is 17.6. The molecule has 0 spiro atoms. The Labute approximate surface area is 109 Å². The largest absolute Gasteiger partial charge is 0.481 e. The van der Waals surface area contributed by atoms with Crippen molar-refractivity contribution in [1.82, 2.24) is 0 Å². The lowest BCUT2D eigenvalue weighted by Gasteiger charge is -2.11. The van der Waals surface area contributed by atoms with E-state index in [9.17, 15) is 9.59 Å². The summed E-state index contributed by atoms with van der Waals surface area (Å²) in [5.74, 6) is -1.72. The number of hydrogen-bond donors (Lipinski definition) is 2. The molecule has 4 heteroatoms. The molecule has 0 aliphatic heterocycles. The van der Waals surface area contributed by atoms with Crippen molar-refractivity contribution in [3.05, 3.63) is 0 Å². The van der Waals surface area contributed by atoms with E-state index in [-0.39, 0.29) is 12.3 Å². The molecule has 0 aromatic heterocycles. The molecule has 4 nitrogen and oxygen atoms in total.